The summed E-state index contributed by atoms with van der Waals surface area (Å²) in [5.74, 6) is 0.571. The molecule has 0 aromatic carbocycles. The minimum Gasteiger partial charge on any atom is -0.477 e. The monoisotopic (exact) mass is 178 g/mol. The van der Waals surface area contributed by atoms with Gasteiger partial charge in [-0.15, -0.1) is 6.58 Å². The van der Waals surface area contributed by atoms with Crippen LogP contribution in [-0.2, 0) is 0 Å². The maximum atomic E-state index is 5.55. The van der Waals surface area contributed by atoms with Crippen molar-refractivity contribution in [1.82, 2.24) is 4.98 Å². The Hall–Kier alpha value is -1.51. The number of nitrogens with zero attached hydrogens (tertiary/aromatic N) is 1. The van der Waals surface area contributed by atoms with Gasteiger partial charge in [-0.1, -0.05) is 5.57 Å². The fraction of sp³-hybridized carbons (Fsp3) is 0.300. The second kappa shape index (κ2) is 4.50. The zero-order valence-electron chi connectivity index (χ0n) is 7.79. The summed E-state index contributed by atoms with van der Waals surface area (Å²) in [4.78, 5) is 4.00. The van der Waals surface area contributed by atoms with Crippen molar-refractivity contribution in [2.24, 2.45) is 0 Å². The molecule has 3 nitrogen and oxygen atoms in total. The SMILES string of the molecule is C=C(C)CCOc1cc(N)ccn1. The summed E-state index contributed by atoms with van der Waals surface area (Å²) < 4.78 is 5.35. The van der Waals surface area contributed by atoms with Crippen LogP contribution in [0.1, 0.15) is 13.3 Å². The normalized spacial score (nSPS) is 9.62. The van der Waals surface area contributed by atoms with Crippen LogP contribution in [0.25, 0.3) is 0 Å². The van der Waals surface area contributed by atoms with Crippen LogP contribution in [-0.4, -0.2) is 11.6 Å². The molecule has 0 bridgehead atoms. The van der Waals surface area contributed by atoms with Gasteiger partial charge in [0.25, 0.3) is 0 Å². The van der Waals surface area contributed by atoms with Crippen molar-refractivity contribution in [3.63, 3.8) is 0 Å². The van der Waals surface area contributed by atoms with Gasteiger partial charge in [-0.05, 0) is 13.0 Å². The van der Waals surface area contributed by atoms with Crippen molar-refractivity contribution in [3.05, 3.63) is 30.5 Å². The largest absolute Gasteiger partial charge is 0.477 e. The van der Waals surface area contributed by atoms with Gasteiger partial charge >= 0.3 is 0 Å². The van der Waals surface area contributed by atoms with Crippen LogP contribution in [0, 0.1) is 0 Å². The van der Waals surface area contributed by atoms with Crippen LogP contribution in [0.4, 0.5) is 5.69 Å². The summed E-state index contributed by atoms with van der Waals surface area (Å²) in [5, 5.41) is 0. The quantitative estimate of drug-likeness (QED) is 0.717. The smallest absolute Gasteiger partial charge is 0.215 e. The Morgan fingerprint density at radius 2 is 2.46 bits per heavy atom. The van der Waals surface area contributed by atoms with Gasteiger partial charge in [0.05, 0.1) is 6.61 Å². The number of aromatic nitrogens is 1. The number of nitrogen functional groups attached to an aromatic ring is 1. The molecule has 0 aliphatic rings. The van der Waals surface area contributed by atoms with Crippen LogP contribution < -0.4 is 10.5 Å². The maximum Gasteiger partial charge on any atom is 0.215 e. The second-order valence-electron chi connectivity index (χ2n) is 2.98. The first kappa shape index (κ1) is 9.58. The summed E-state index contributed by atoms with van der Waals surface area (Å²) >= 11 is 0. The standard InChI is InChI=1S/C10H14N2O/c1-8(2)4-6-13-10-7-9(11)3-5-12-10/h3,5,7H,1,4,6H2,2H3,(H2,11,12). The molecule has 1 aromatic rings. The Morgan fingerprint density at radius 1 is 1.69 bits per heavy atom. The molecule has 13 heavy (non-hydrogen) atoms. The first-order valence-corrected chi connectivity index (χ1v) is 4.17. The number of anilines is 1. The minimum absolute atomic E-state index is 0.571. The lowest BCUT2D eigenvalue weighted by molar-refractivity contribution is 0.309. The Balaban J connectivity index is 2.41. The van der Waals surface area contributed by atoms with E-state index in [0.717, 1.165) is 12.0 Å². The van der Waals surface area contributed by atoms with Crippen LogP contribution in [0.5, 0.6) is 5.88 Å². The highest BCUT2D eigenvalue weighted by molar-refractivity contribution is 5.39. The fourth-order valence-corrected chi connectivity index (χ4v) is 0.834. The average molecular weight is 178 g/mol. The zero-order chi connectivity index (χ0) is 9.68. The third-order valence-electron chi connectivity index (χ3n) is 1.54. The summed E-state index contributed by atoms with van der Waals surface area (Å²) in [6.07, 6.45) is 2.47. The van der Waals surface area contributed by atoms with Gasteiger partial charge in [0.15, 0.2) is 0 Å². The molecule has 0 spiro atoms. The molecule has 3 heteroatoms. The Kier molecular flexibility index (Phi) is 3.31. The van der Waals surface area contributed by atoms with Gasteiger partial charge in [-0.2, -0.15) is 0 Å². The molecule has 0 fully saturated rings. The number of nitrogens with two attached hydrogens (primary N) is 1. The van der Waals surface area contributed by atoms with Crippen molar-refractivity contribution < 1.29 is 4.74 Å². The van der Waals surface area contributed by atoms with E-state index in [1.165, 1.54) is 0 Å². The highest BCUT2D eigenvalue weighted by atomic mass is 16.5. The van der Waals surface area contributed by atoms with Crippen LogP contribution in [0.15, 0.2) is 30.5 Å². The molecule has 1 aromatic heterocycles. The van der Waals surface area contributed by atoms with Gasteiger partial charge in [-0.25, -0.2) is 4.98 Å². The molecule has 70 valence electrons. The zero-order valence-corrected chi connectivity index (χ0v) is 7.79. The molecule has 1 rings (SSSR count). The molecule has 0 atom stereocenters. The van der Waals surface area contributed by atoms with E-state index >= 15 is 0 Å². The highest BCUT2D eigenvalue weighted by Gasteiger charge is 1.95. The number of hydrogen-bond acceptors (Lipinski definition) is 3. The summed E-state index contributed by atoms with van der Waals surface area (Å²) in [5.41, 5.74) is 7.32. The molecule has 1 heterocycles. The van der Waals surface area contributed by atoms with E-state index in [-0.39, 0.29) is 0 Å². The predicted octanol–water partition coefficient (Wildman–Crippen LogP) is 2.01. The summed E-state index contributed by atoms with van der Waals surface area (Å²) in [6, 6.07) is 3.43. The first-order valence-electron chi connectivity index (χ1n) is 4.17. The van der Waals surface area contributed by atoms with Crippen LogP contribution in [0.3, 0.4) is 0 Å². The molecule has 0 unspecified atom stereocenters. The van der Waals surface area contributed by atoms with Crippen molar-refractivity contribution in [3.8, 4) is 5.88 Å². The van der Waals surface area contributed by atoms with Crippen molar-refractivity contribution in [2.75, 3.05) is 12.3 Å². The van der Waals surface area contributed by atoms with Crippen molar-refractivity contribution in [1.29, 1.82) is 0 Å². The summed E-state index contributed by atoms with van der Waals surface area (Å²) in [7, 11) is 0. The number of hydrogen-bond donors (Lipinski definition) is 1. The van der Waals surface area contributed by atoms with Gasteiger partial charge in [0, 0.05) is 24.4 Å². The van der Waals surface area contributed by atoms with Crippen LogP contribution >= 0.6 is 0 Å². The van der Waals surface area contributed by atoms with Crippen molar-refractivity contribution in [2.45, 2.75) is 13.3 Å². The molecule has 0 aliphatic heterocycles. The lowest BCUT2D eigenvalue weighted by atomic mass is 10.3. The predicted molar refractivity (Wildman–Crippen MR) is 53.6 cm³/mol. The molecule has 0 radical (unpaired) electrons. The van der Waals surface area contributed by atoms with E-state index in [0.29, 0.717) is 18.2 Å². The third-order valence-corrected chi connectivity index (χ3v) is 1.54. The molecule has 0 aliphatic carbocycles. The molecule has 0 saturated heterocycles. The Bertz CT molecular complexity index is 297. The summed E-state index contributed by atoms with van der Waals surface area (Å²) in [6.45, 7) is 6.35. The Morgan fingerprint density at radius 3 is 3.08 bits per heavy atom. The van der Waals surface area contributed by atoms with E-state index < -0.39 is 0 Å². The minimum atomic E-state index is 0.571. The lowest BCUT2D eigenvalue weighted by Gasteiger charge is -2.04. The lowest BCUT2D eigenvalue weighted by Crippen LogP contribution is -1.99. The molecule has 0 saturated carbocycles. The maximum absolute atomic E-state index is 5.55. The van der Waals surface area contributed by atoms with E-state index in [1.807, 2.05) is 6.92 Å². The van der Waals surface area contributed by atoms with E-state index in [1.54, 1.807) is 18.3 Å². The van der Waals surface area contributed by atoms with Gasteiger partial charge in [-0.3, -0.25) is 0 Å². The highest BCUT2D eigenvalue weighted by Crippen LogP contribution is 2.10. The molecule has 0 amide bonds. The average Bonchev–Trinajstić information content (AvgIpc) is 2.03. The van der Waals surface area contributed by atoms with Gasteiger partial charge in [0.2, 0.25) is 5.88 Å². The first-order chi connectivity index (χ1) is 6.18. The second-order valence-corrected chi connectivity index (χ2v) is 2.98. The fourth-order valence-electron chi connectivity index (χ4n) is 0.834. The van der Waals surface area contributed by atoms with Crippen molar-refractivity contribution >= 4 is 5.69 Å². The van der Waals surface area contributed by atoms with E-state index in [9.17, 15) is 0 Å². The number of ether oxygens (including phenoxy) is 1. The molecular weight excluding hydrogens is 164 g/mol. The molecular formula is C10H14N2O. The van der Waals surface area contributed by atoms with Crippen LogP contribution in [0.2, 0.25) is 0 Å². The molecule has 2 N–H and O–H groups in total. The van der Waals surface area contributed by atoms with Gasteiger partial charge in [0.1, 0.15) is 0 Å². The third kappa shape index (κ3) is 3.60. The Labute approximate surface area is 78.2 Å². The number of pyridine rings is 1. The number of rotatable bonds is 4. The van der Waals surface area contributed by atoms with E-state index in [2.05, 4.69) is 11.6 Å². The topological polar surface area (TPSA) is 48.1 Å². The van der Waals surface area contributed by atoms with E-state index in [4.69, 9.17) is 10.5 Å². The van der Waals surface area contributed by atoms with Gasteiger partial charge < -0.3 is 10.5 Å².